The normalized spacial score (nSPS) is 12.5. The van der Waals surface area contributed by atoms with E-state index >= 15 is 0 Å². The third kappa shape index (κ3) is 3.15. The van der Waals surface area contributed by atoms with Crippen molar-refractivity contribution in [2.45, 2.75) is 5.38 Å². The van der Waals surface area contributed by atoms with Crippen LogP contribution in [0.25, 0.3) is 0 Å². The van der Waals surface area contributed by atoms with Gasteiger partial charge in [0.1, 0.15) is 0 Å². The van der Waals surface area contributed by atoms with Crippen LogP contribution in [-0.4, -0.2) is 0 Å². The minimum absolute atomic E-state index is 0.344. The standard InChI is InChI=1S/C13H7BrCl4/c14-10-5-7(1-4-11(10)16)13(18)9-3-2-8(15)6-12(9)17/h1-6,13H. The number of halogens is 5. The summed E-state index contributed by atoms with van der Waals surface area (Å²) in [5.74, 6) is 0. The van der Waals surface area contributed by atoms with Gasteiger partial charge in [-0.25, -0.2) is 0 Å². The first kappa shape index (κ1) is 14.5. The third-order valence-electron chi connectivity index (χ3n) is 2.47. The molecule has 0 spiro atoms. The number of benzene rings is 2. The Morgan fingerprint density at radius 1 is 0.889 bits per heavy atom. The molecule has 1 atom stereocenters. The Balaban J connectivity index is 2.41. The van der Waals surface area contributed by atoms with E-state index in [1.54, 1.807) is 18.2 Å². The van der Waals surface area contributed by atoms with Gasteiger partial charge in [0.25, 0.3) is 0 Å². The minimum atomic E-state index is -0.344. The molecular formula is C13H7BrCl4. The van der Waals surface area contributed by atoms with Crippen LogP contribution >= 0.6 is 62.3 Å². The van der Waals surface area contributed by atoms with Crippen LogP contribution in [0.4, 0.5) is 0 Å². The molecule has 5 heteroatoms. The predicted molar refractivity (Wildman–Crippen MR) is 83.3 cm³/mol. The third-order valence-corrected chi connectivity index (χ3v) is 4.74. The second-order valence-corrected chi connectivity index (χ2v) is 6.24. The van der Waals surface area contributed by atoms with Crippen LogP contribution in [0.2, 0.25) is 15.1 Å². The highest BCUT2D eigenvalue weighted by molar-refractivity contribution is 9.10. The largest absolute Gasteiger partial charge is 0.113 e. The molecule has 94 valence electrons. The SMILES string of the molecule is Clc1ccc(C(Cl)c2ccc(Cl)c(Br)c2)c(Cl)c1. The summed E-state index contributed by atoms with van der Waals surface area (Å²) in [7, 11) is 0. The van der Waals surface area contributed by atoms with Crippen molar-refractivity contribution < 1.29 is 0 Å². The molecule has 0 aliphatic carbocycles. The Morgan fingerprint density at radius 3 is 2.22 bits per heavy atom. The molecule has 0 fully saturated rings. The van der Waals surface area contributed by atoms with Crippen molar-refractivity contribution in [3.05, 3.63) is 67.1 Å². The van der Waals surface area contributed by atoms with E-state index in [4.69, 9.17) is 46.4 Å². The van der Waals surface area contributed by atoms with Gasteiger partial charge in [-0.3, -0.25) is 0 Å². The molecule has 2 rings (SSSR count). The minimum Gasteiger partial charge on any atom is -0.113 e. The van der Waals surface area contributed by atoms with E-state index in [2.05, 4.69) is 15.9 Å². The lowest BCUT2D eigenvalue weighted by molar-refractivity contribution is 1.14. The molecule has 0 heterocycles. The maximum atomic E-state index is 6.42. The van der Waals surface area contributed by atoms with Gasteiger partial charge in [-0.2, -0.15) is 0 Å². The maximum absolute atomic E-state index is 6.42. The van der Waals surface area contributed by atoms with Crippen LogP contribution in [0.5, 0.6) is 0 Å². The quantitative estimate of drug-likeness (QED) is 0.503. The van der Waals surface area contributed by atoms with Gasteiger partial charge in [-0.05, 0) is 51.3 Å². The molecule has 0 aromatic heterocycles. The van der Waals surface area contributed by atoms with Gasteiger partial charge in [-0.15, -0.1) is 11.6 Å². The van der Waals surface area contributed by atoms with Crippen LogP contribution in [0, 0.1) is 0 Å². The number of alkyl halides is 1. The van der Waals surface area contributed by atoms with Crippen molar-refractivity contribution in [1.29, 1.82) is 0 Å². The summed E-state index contributed by atoms with van der Waals surface area (Å²) in [6.07, 6.45) is 0. The molecule has 0 saturated carbocycles. The first-order valence-corrected chi connectivity index (χ1v) is 7.39. The van der Waals surface area contributed by atoms with E-state index in [-0.39, 0.29) is 5.38 Å². The van der Waals surface area contributed by atoms with E-state index in [1.807, 2.05) is 18.2 Å². The summed E-state index contributed by atoms with van der Waals surface area (Å²) in [6.45, 7) is 0. The highest BCUT2D eigenvalue weighted by Crippen LogP contribution is 2.37. The molecule has 0 radical (unpaired) electrons. The van der Waals surface area contributed by atoms with Crippen molar-refractivity contribution >= 4 is 62.3 Å². The monoisotopic (exact) mass is 382 g/mol. The van der Waals surface area contributed by atoms with Crippen molar-refractivity contribution in [3.63, 3.8) is 0 Å². The Hall–Kier alpha value is 0.0800. The summed E-state index contributed by atoms with van der Waals surface area (Å²) in [6, 6.07) is 10.8. The highest BCUT2D eigenvalue weighted by atomic mass is 79.9. The molecule has 0 bridgehead atoms. The van der Waals surface area contributed by atoms with E-state index in [1.165, 1.54) is 0 Å². The predicted octanol–water partition coefficient (Wildman–Crippen LogP) is 6.74. The summed E-state index contributed by atoms with van der Waals surface area (Å²) < 4.78 is 0.803. The summed E-state index contributed by atoms with van der Waals surface area (Å²) in [5, 5.41) is 1.44. The lowest BCUT2D eigenvalue weighted by atomic mass is 10.0. The molecule has 0 aliphatic rings. The molecule has 2 aromatic carbocycles. The van der Waals surface area contributed by atoms with Crippen molar-refractivity contribution in [3.8, 4) is 0 Å². The van der Waals surface area contributed by atoms with E-state index in [0.717, 1.165) is 15.6 Å². The fourth-order valence-corrected chi connectivity index (χ4v) is 2.97. The Bertz CT molecular complexity index is 583. The highest BCUT2D eigenvalue weighted by Gasteiger charge is 2.15. The Kier molecular flexibility index (Phi) is 4.85. The average Bonchev–Trinajstić information content (AvgIpc) is 2.32. The van der Waals surface area contributed by atoms with Crippen molar-refractivity contribution in [2.24, 2.45) is 0 Å². The van der Waals surface area contributed by atoms with E-state index < -0.39 is 0 Å². The first-order chi connectivity index (χ1) is 8.49. The lowest BCUT2D eigenvalue weighted by Gasteiger charge is -2.13. The van der Waals surface area contributed by atoms with E-state index in [0.29, 0.717) is 15.1 Å². The molecule has 0 amide bonds. The Labute approximate surface area is 134 Å². The maximum Gasteiger partial charge on any atom is 0.0850 e. The molecule has 0 N–H and O–H groups in total. The van der Waals surface area contributed by atoms with Gasteiger partial charge in [-0.1, -0.05) is 46.9 Å². The fraction of sp³-hybridized carbons (Fsp3) is 0.0769. The van der Waals surface area contributed by atoms with Crippen LogP contribution < -0.4 is 0 Å². The van der Waals surface area contributed by atoms with Gasteiger partial charge < -0.3 is 0 Å². The fourth-order valence-electron chi connectivity index (χ4n) is 1.56. The molecule has 0 nitrogen and oxygen atoms in total. The van der Waals surface area contributed by atoms with E-state index in [9.17, 15) is 0 Å². The zero-order chi connectivity index (χ0) is 13.3. The summed E-state index contributed by atoms with van der Waals surface area (Å²) >= 11 is 27.7. The number of hydrogen-bond donors (Lipinski definition) is 0. The number of hydrogen-bond acceptors (Lipinski definition) is 0. The molecule has 18 heavy (non-hydrogen) atoms. The first-order valence-electron chi connectivity index (χ1n) is 5.03. The lowest BCUT2D eigenvalue weighted by Crippen LogP contribution is -1.94. The molecule has 1 unspecified atom stereocenters. The van der Waals surface area contributed by atoms with Crippen LogP contribution in [-0.2, 0) is 0 Å². The smallest absolute Gasteiger partial charge is 0.0850 e. The second-order valence-electron chi connectivity index (χ2n) is 3.70. The average molecular weight is 385 g/mol. The van der Waals surface area contributed by atoms with Gasteiger partial charge in [0.05, 0.1) is 10.4 Å². The zero-order valence-electron chi connectivity index (χ0n) is 8.93. The van der Waals surface area contributed by atoms with Crippen LogP contribution in [0.3, 0.4) is 0 Å². The Morgan fingerprint density at radius 2 is 1.61 bits per heavy atom. The molecule has 0 aliphatic heterocycles. The van der Waals surface area contributed by atoms with Crippen LogP contribution in [0.1, 0.15) is 16.5 Å². The topological polar surface area (TPSA) is 0 Å². The molecule has 0 saturated heterocycles. The summed E-state index contributed by atoms with van der Waals surface area (Å²) in [4.78, 5) is 0. The van der Waals surface area contributed by atoms with Gasteiger partial charge in [0, 0.05) is 14.5 Å². The van der Waals surface area contributed by atoms with Crippen molar-refractivity contribution in [1.82, 2.24) is 0 Å². The van der Waals surface area contributed by atoms with Crippen LogP contribution in [0.15, 0.2) is 40.9 Å². The summed E-state index contributed by atoms with van der Waals surface area (Å²) in [5.41, 5.74) is 1.73. The number of rotatable bonds is 2. The molecule has 2 aromatic rings. The van der Waals surface area contributed by atoms with Gasteiger partial charge >= 0.3 is 0 Å². The van der Waals surface area contributed by atoms with Gasteiger partial charge in [0.15, 0.2) is 0 Å². The zero-order valence-corrected chi connectivity index (χ0v) is 13.5. The molecular weight excluding hydrogens is 378 g/mol. The van der Waals surface area contributed by atoms with Gasteiger partial charge in [0.2, 0.25) is 0 Å². The van der Waals surface area contributed by atoms with Crippen molar-refractivity contribution in [2.75, 3.05) is 0 Å². The second kappa shape index (κ2) is 6.02.